The van der Waals surface area contributed by atoms with E-state index >= 15 is 0 Å². The summed E-state index contributed by atoms with van der Waals surface area (Å²) in [4.78, 5) is 11.2. The third-order valence-electron chi connectivity index (χ3n) is 1.63. The smallest absolute Gasteiger partial charge is 0.162 e. The summed E-state index contributed by atoms with van der Waals surface area (Å²) in [6.45, 7) is 3.74. The molecule has 0 atom stereocenters. The van der Waals surface area contributed by atoms with Gasteiger partial charge in [0, 0.05) is 18.6 Å². The Bertz CT molecular complexity index is 353. The van der Waals surface area contributed by atoms with Crippen molar-refractivity contribution in [2.45, 2.75) is 20.3 Å². The zero-order chi connectivity index (χ0) is 11.7. The fourth-order valence-electron chi connectivity index (χ4n) is 0.966. The predicted molar refractivity (Wildman–Crippen MR) is 58.5 cm³/mol. The van der Waals surface area contributed by atoms with Gasteiger partial charge in [0.2, 0.25) is 0 Å². The standard InChI is InChI=1S/C10H9NO.C2H6O/c1-2-10(12)9-5-3-4-8(6-9)7-11;1-2-3/h3-6H,2H2,1H3;3H,2H2,1H3. The summed E-state index contributed by atoms with van der Waals surface area (Å²) < 4.78 is 0. The number of hydrogen-bond donors (Lipinski definition) is 1. The van der Waals surface area contributed by atoms with E-state index in [1.165, 1.54) is 0 Å². The molecule has 80 valence electrons. The van der Waals surface area contributed by atoms with Gasteiger partial charge < -0.3 is 5.11 Å². The largest absolute Gasteiger partial charge is 0.397 e. The second kappa shape index (κ2) is 7.72. The molecule has 0 amide bonds. The van der Waals surface area contributed by atoms with Crippen LogP contribution in [-0.4, -0.2) is 17.5 Å². The van der Waals surface area contributed by atoms with E-state index in [-0.39, 0.29) is 12.4 Å². The van der Waals surface area contributed by atoms with Gasteiger partial charge in [0.15, 0.2) is 5.78 Å². The van der Waals surface area contributed by atoms with Crippen LogP contribution < -0.4 is 0 Å². The van der Waals surface area contributed by atoms with Crippen molar-refractivity contribution >= 4 is 5.78 Å². The second-order valence-electron chi connectivity index (χ2n) is 2.79. The minimum atomic E-state index is 0.0760. The van der Waals surface area contributed by atoms with Crippen LogP contribution in [0.3, 0.4) is 0 Å². The maximum Gasteiger partial charge on any atom is 0.162 e. The quantitative estimate of drug-likeness (QED) is 0.752. The number of carbonyl (C=O) groups excluding carboxylic acids is 1. The lowest BCUT2D eigenvalue weighted by Gasteiger charge is -1.96. The Morgan fingerprint density at radius 1 is 1.47 bits per heavy atom. The first kappa shape index (κ1) is 13.3. The third-order valence-corrected chi connectivity index (χ3v) is 1.63. The zero-order valence-corrected chi connectivity index (χ0v) is 9.03. The lowest BCUT2D eigenvalue weighted by atomic mass is 10.1. The van der Waals surface area contributed by atoms with Crippen LogP contribution in [-0.2, 0) is 0 Å². The zero-order valence-electron chi connectivity index (χ0n) is 9.03. The number of nitrogens with zero attached hydrogens (tertiary/aromatic N) is 1. The van der Waals surface area contributed by atoms with Gasteiger partial charge in [0.05, 0.1) is 11.6 Å². The SMILES string of the molecule is CCC(=O)c1cccc(C#N)c1.CCO. The molecule has 3 heteroatoms. The number of hydrogen-bond acceptors (Lipinski definition) is 3. The van der Waals surface area contributed by atoms with Crippen LogP contribution in [0.2, 0.25) is 0 Å². The molecule has 0 saturated heterocycles. The molecule has 1 aromatic carbocycles. The lowest BCUT2D eigenvalue weighted by Crippen LogP contribution is -1.95. The van der Waals surface area contributed by atoms with Crippen LogP contribution >= 0.6 is 0 Å². The third kappa shape index (κ3) is 4.94. The highest BCUT2D eigenvalue weighted by Crippen LogP contribution is 2.06. The maximum absolute atomic E-state index is 11.2. The molecular weight excluding hydrogens is 190 g/mol. The van der Waals surface area contributed by atoms with Gasteiger partial charge in [-0.25, -0.2) is 0 Å². The molecule has 1 aromatic rings. The van der Waals surface area contributed by atoms with Crippen LogP contribution in [0, 0.1) is 11.3 Å². The second-order valence-corrected chi connectivity index (χ2v) is 2.79. The minimum absolute atomic E-state index is 0.0760. The Labute approximate surface area is 90.0 Å². The van der Waals surface area contributed by atoms with Gasteiger partial charge in [-0.2, -0.15) is 5.26 Å². The van der Waals surface area contributed by atoms with Crippen molar-refractivity contribution in [3.05, 3.63) is 35.4 Å². The van der Waals surface area contributed by atoms with Crippen LogP contribution in [0.25, 0.3) is 0 Å². The van der Waals surface area contributed by atoms with Gasteiger partial charge in [0.25, 0.3) is 0 Å². The molecule has 1 N–H and O–H groups in total. The monoisotopic (exact) mass is 205 g/mol. The number of nitriles is 1. The highest BCUT2D eigenvalue weighted by molar-refractivity contribution is 5.96. The first-order valence-electron chi connectivity index (χ1n) is 4.83. The number of carbonyl (C=O) groups is 1. The molecule has 0 aliphatic heterocycles. The number of aliphatic hydroxyl groups excluding tert-OH is 1. The topological polar surface area (TPSA) is 61.1 Å². The average Bonchev–Trinajstić information content (AvgIpc) is 2.29. The Kier molecular flexibility index (Phi) is 6.86. The summed E-state index contributed by atoms with van der Waals surface area (Å²) in [5, 5.41) is 16.1. The van der Waals surface area contributed by atoms with Gasteiger partial charge in [0.1, 0.15) is 0 Å². The average molecular weight is 205 g/mol. The van der Waals surface area contributed by atoms with E-state index in [0.29, 0.717) is 17.5 Å². The Morgan fingerprint density at radius 3 is 2.53 bits per heavy atom. The molecule has 0 bridgehead atoms. The van der Waals surface area contributed by atoms with Crippen molar-refractivity contribution in [2.75, 3.05) is 6.61 Å². The van der Waals surface area contributed by atoms with Gasteiger partial charge in [-0.1, -0.05) is 19.1 Å². The molecule has 0 spiro atoms. The first-order chi connectivity index (χ1) is 7.19. The highest BCUT2D eigenvalue weighted by atomic mass is 16.2. The van der Waals surface area contributed by atoms with E-state index < -0.39 is 0 Å². The molecular formula is C12H15NO2. The van der Waals surface area contributed by atoms with E-state index in [0.717, 1.165) is 0 Å². The number of benzene rings is 1. The van der Waals surface area contributed by atoms with Gasteiger partial charge in [-0.15, -0.1) is 0 Å². The van der Waals surface area contributed by atoms with Gasteiger partial charge in [-0.3, -0.25) is 4.79 Å². The fourth-order valence-corrected chi connectivity index (χ4v) is 0.966. The van der Waals surface area contributed by atoms with Crippen molar-refractivity contribution in [2.24, 2.45) is 0 Å². The normalized spacial score (nSPS) is 8.40. The van der Waals surface area contributed by atoms with Crippen LogP contribution in [0.4, 0.5) is 0 Å². The first-order valence-corrected chi connectivity index (χ1v) is 4.83. The van der Waals surface area contributed by atoms with Crippen LogP contribution in [0.5, 0.6) is 0 Å². The van der Waals surface area contributed by atoms with Crippen molar-refractivity contribution in [3.8, 4) is 6.07 Å². The summed E-state index contributed by atoms with van der Waals surface area (Å²) in [6, 6.07) is 8.75. The number of aliphatic hydroxyl groups is 1. The summed E-state index contributed by atoms with van der Waals surface area (Å²) in [5.41, 5.74) is 1.16. The Hall–Kier alpha value is -1.66. The summed E-state index contributed by atoms with van der Waals surface area (Å²) >= 11 is 0. The van der Waals surface area contributed by atoms with E-state index in [1.807, 2.05) is 6.07 Å². The number of rotatable bonds is 2. The fraction of sp³-hybridized carbons (Fsp3) is 0.333. The predicted octanol–water partition coefficient (Wildman–Crippen LogP) is 2.15. The summed E-state index contributed by atoms with van der Waals surface area (Å²) in [6.07, 6.45) is 0.481. The molecule has 3 nitrogen and oxygen atoms in total. The van der Waals surface area contributed by atoms with Crippen molar-refractivity contribution in [1.29, 1.82) is 5.26 Å². The Balaban J connectivity index is 0.000000583. The summed E-state index contributed by atoms with van der Waals surface area (Å²) in [7, 11) is 0. The molecule has 0 unspecified atom stereocenters. The van der Waals surface area contributed by atoms with E-state index in [1.54, 1.807) is 38.1 Å². The van der Waals surface area contributed by atoms with Gasteiger partial charge in [-0.05, 0) is 19.1 Å². The van der Waals surface area contributed by atoms with E-state index in [4.69, 9.17) is 10.4 Å². The number of ketones is 1. The minimum Gasteiger partial charge on any atom is -0.397 e. The molecule has 0 heterocycles. The molecule has 0 aliphatic carbocycles. The molecule has 1 rings (SSSR count). The molecule has 0 fully saturated rings. The van der Waals surface area contributed by atoms with E-state index in [9.17, 15) is 4.79 Å². The van der Waals surface area contributed by atoms with Crippen LogP contribution in [0.1, 0.15) is 36.2 Å². The highest BCUT2D eigenvalue weighted by Gasteiger charge is 2.02. The Morgan fingerprint density at radius 2 is 2.07 bits per heavy atom. The van der Waals surface area contributed by atoms with Gasteiger partial charge >= 0.3 is 0 Å². The lowest BCUT2D eigenvalue weighted by molar-refractivity contribution is 0.0988. The van der Waals surface area contributed by atoms with Crippen LogP contribution in [0.15, 0.2) is 24.3 Å². The molecule has 0 aromatic heterocycles. The van der Waals surface area contributed by atoms with Crippen molar-refractivity contribution in [3.63, 3.8) is 0 Å². The van der Waals surface area contributed by atoms with E-state index in [2.05, 4.69) is 0 Å². The molecule has 0 aliphatic rings. The number of Topliss-reactive ketones (excluding diaryl/α,β-unsaturated/α-hetero) is 1. The molecule has 15 heavy (non-hydrogen) atoms. The molecule has 0 saturated carbocycles. The van der Waals surface area contributed by atoms with Crippen molar-refractivity contribution < 1.29 is 9.90 Å². The summed E-state index contributed by atoms with van der Waals surface area (Å²) in [5.74, 6) is 0.0760. The van der Waals surface area contributed by atoms with Crippen molar-refractivity contribution in [1.82, 2.24) is 0 Å². The maximum atomic E-state index is 11.2. The molecule has 0 radical (unpaired) electrons.